The number of halogens is 1. The molecule has 6 nitrogen and oxygen atoms in total. The smallest absolute Gasteiger partial charge is 0.240 e. The summed E-state index contributed by atoms with van der Waals surface area (Å²) in [5.74, 6) is 1.56. The highest BCUT2D eigenvalue weighted by Gasteiger charge is 2.11. The third-order valence-corrected chi connectivity index (χ3v) is 5.88. The molecule has 2 aromatic carbocycles. The van der Waals surface area contributed by atoms with Crippen molar-refractivity contribution in [2.75, 3.05) is 32.4 Å². The number of thioether (sulfide) groups is 1. The highest BCUT2D eigenvalue weighted by Crippen LogP contribution is 2.15. The van der Waals surface area contributed by atoms with E-state index in [9.17, 15) is 8.42 Å². The van der Waals surface area contributed by atoms with Gasteiger partial charge in [-0.3, -0.25) is 4.99 Å². The van der Waals surface area contributed by atoms with Crippen molar-refractivity contribution in [3.05, 3.63) is 60.7 Å². The van der Waals surface area contributed by atoms with E-state index < -0.39 is 10.0 Å². The highest BCUT2D eigenvalue weighted by molar-refractivity contribution is 14.0. The Balaban J connectivity index is 0.00000364. The molecule has 0 aliphatic heterocycles. The molecule has 2 aromatic rings. The molecule has 0 saturated carbocycles. The fourth-order valence-electron chi connectivity index (χ4n) is 2.12. The zero-order valence-electron chi connectivity index (χ0n) is 15.1. The molecule has 9 heteroatoms. The van der Waals surface area contributed by atoms with E-state index in [1.54, 1.807) is 49.1 Å². The predicted molar refractivity (Wildman–Crippen MR) is 124 cm³/mol. The maximum absolute atomic E-state index is 12.1. The molecule has 0 aromatic heterocycles. The van der Waals surface area contributed by atoms with Gasteiger partial charge >= 0.3 is 0 Å². The van der Waals surface area contributed by atoms with Crippen molar-refractivity contribution in [2.24, 2.45) is 4.99 Å². The van der Waals surface area contributed by atoms with Gasteiger partial charge in [-0.25, -0.2) is 13.1 Å². The first kappa shape index (κ1) is 23.7. The van der Waals surface area contributed by atoms with Crippen LogP contribution < -0.4 is 15.4 Å². The van der Waals surface area contributed by atoms with Gasteiger partial charge in [-0.15, -0.1) is 35.7 Å². The van der Waals surface area contributed by atoms with Crippen molar-refractivity contribution in [1.82, 2.24) is 15.4 Å². The molecule has 0 atom stereocenters. The van der Waals surface area contributed by atoms with Crippen LogP contribution in [0.3, 0.4) is 0 Å². The van der Waals surface area contributed by atoms with Crippen molar-refractivity contribution in [2.45, 2.75) is 9.79 Å². The average molecular weight is 520 g/mol. The minimum Gasteiger partial charge on any atom is -0.356 e. The van der Waals surface area contributed by atoms with Crippen LogP contribution in [-0.4, -0.2) is 46.8 Å². The SMILES string of the molecule is CN=C(NCCNS(=O)(=O)c1ccccc1)NCCSc1ccccc1.I. The number of guanidine groups is 1. The van der Waals surface area contributed by atoms with Gasteiger partial charge in [0.05, 0.1) is 4.90 Å². The first-order chi connectivity index (χ1) is 12.6. The zero-order valence-corrected chi connectivity index (χ0v) is 19.1. The lowest BCUT2D eigenvalue weighted by Crippen LogP contribution is -2.42. The van der Waals surface area contributed by atoms with Crippen LogP contribution in [0.5, 0.6) is 0 Å². The third kappa shape index (κ3) is 8.96. The van der Waals surface area contributed by atoms with Crippen molar-refractivity contribution in [3.63, 3.8) is 0 Å². The van der Waals surface area contributed by atoms with Crippen molar-refractivity contribution < 1.29 is 8.42 Å². The molecule has 3 N–H and O–H groups in total. The lowest BCUT2D eigenvalue weighted by molar-refractivity contribution is 0.580. The van der Waals surface area contributed by atoms with Crippen LogP contribution in [0.2, 0.25) is 0 Å². The fourth-order valence-corrected chi connectivity index (χ4v) is 3.97. The van der Waals surface area contributed by atoms with Gasteiger partial charge in [0.2, 0.25) is 10.0 Å². The second-order valence-corrected chi connectivity index (χ2v) is 8.23. The van der Waals surface area contributed by atoms with Crippen LogP contribution in [0, 0.1) is 0 Å². The maximum atomic E-state index is 12.1. The monoisotopic (exact) mass is 520 g/mol. The summed E-state index contributed by atoms with van der Waals surface area (Å²) < 4.78 is 26.8. The van der Waals surface area contributed by atoms with Crippen molar-refractivity contribution >= 4 is 51.7 Å². The Hall–Kier alpha value is -1.30. The largest absolute Gasteiger partial charge is 0.356 e. The average Bonchev–Trinajstić information content (AvgIpc) is 2.68. The molecule has 0 aliphatic carbocycles. The Morgan fingerprint density at radius 1 is 0.926 bits per heavy atom. The first-order valence-electron chi connectivity index (χ1n) is 8.29. The summed E-state index contributed by atoms with van der Waals surface area (Å²) in [6.07, 6.45) is 0. The van der Waals surface area contributed by atoms with E-state index in [4.69, 9.17) is 0 Å². The summed E-state index contributed by atoms with van der Waals surface area (Å²) in [6, 6.07) is 18.5. The van der Waals surface area contributed by atoms with Crippen LogP contribution >= 0.6 is 35.7 Å². The number of hydrogen-bond acceptors (Lipinski definition) is 4. The standard InChI is InChI=1S/C18H24N4O2S2.HI/c1-19-18(21-14-15-25-16-8-4-2-5-9-16)20-12-13-22-26(23,24)17-10-6-3-7-11-17;/h2-11,22H,12-15H2,1H3,(H2,19,20,21);1H. The summed E-state index contributed by atoms with van der Waals surface area (Å²) in [7, 11) is -1.78. The van der Waals surface area contributed by atoms with Gasteiger partial charge in [0.1, 0.15) is 0 Å². The molecule has 2 rings (SSSR count). The van der Waals surface area contributed by atoms with Crippen molar-refractivity contribution in [3.8, 4) is 0 Å². The van der Waals surface area contributed by atoms with E-state index in [-0.39, 0.29) is 35.4 Å². The summed E-state index contributed by atoms with van der Waals surface area (Å²) >= 11 is 1.77. The van der Waals surface area contributed by atoms with E-state index in [0.29, 0.717) is 12.5 Å². The normalized spacial score (nSPS) is 11.5. The van der Waals surface area contributed by atoms with Crippen LogP contribution in [-0.2, 0) is 10.0 Å². The van der Waals surface area contributed by atoms with Gasteiger partial charge in [0.15, 0.2) is 5.96 Å². The molecule has 0 fully saturated rings. The van der Waals surface area contributed by atoms with Gasteiger partial charge in [0, 0.05) is 37.3 Å². The maximum Gasteiger partial charge on any atom is 0.240 e. The van der Waals surface area contributed by atoms with E-state index in [0.717, 1.165) is 12.3 Å². The lowest BCUT2D eigenvalue weighted by atomic mass is 10.4. The van der Waals surface area contributed by atoms with E-state index in [1.807, 2.05) is 18.2 Å². The number of nitrogens with one attached hydrogen (secondary N) is 3. The summed E-state index contributed by atoms with van der Waals surface area (Å²) in [5.41, 5.74) is 0. The molecule has 0 spiro atoms. The van der Waals surface area contributed by atoms with Crippen LogP contribution in [0.4, 0.5) is 0 Å². The summed E-state index contributed by atoms with van der Waals surface area (Å²) in [5, 5.41) is 6.30. The molecule has 0 aliphatic rings. The van der Waals surface area contributed by atoms with Gasteiger partial charge in [0.25, 0.3) is 0 Å². The minimum absolute atomic E-state index is 0. The van der Waals surface area contributed by atoms with Crippen LogP contribution in [0.15, 0.2) is 75.4 Å². The minimum atomic E-state index is -3.47. The number of hydrogen-bond donors (Lipinski definition) is 3. The molecule has 0 amide bonds. The topological polar surface area (TPSA) is 82.6 Å². The van der Waals surface area contributed by atoms with E-state index >= 15 is 0 Å². The quantitative estimate of drug-likeness (QED) is 0.156. The number of aliphatic imine (C=N–C) groups is 1. The first-order valence-corrected chi connectivity index (χ1v) is 10.8. The Morgan fingerprint density at radius 2 is 1.52 bits per heavy atom. The molecule has 148 valence electrons. The Labute approximate surface area is 182 Å². The zero-order chi connectivity index (χ0) is 18.7. The van der Waals surface area contributed by atoms with Crippen molar-refractivity contribution in [1.29, 1.82) is 0 Å². The lowest BCUT2D eigenvalue weighted by Gasteiger charge is -2.12. The predicted octanol–water partition coefficient (Wildman–Crippen LogP) is 2.54. The van der Waals surface area contributed by atoms with Gasteiger partial charge in [-0.1, -0.05) is 36.4 Å². The molecule has 0 unspecified atom stereocenters. The van der Waals surface area contributed by atoms with Gasteiger partial charge in [-0.05, 0) is 24.3 Å². The summed E-state index contributed by atoms with van der Waals surface area (Å²) in [4.78, 5) is 5.63. The van der Waals surface area contributed by atoms with Crippen LogP contribution in [0.25, 0.3) is 0 Å². The van der Waals surface area contributed by atoms with Gasteiger partial charge < -0.3 is 10.6 Å². The molecule has 0 saturated heterocycles. The van der Waals surface area contributed by atoms with Crippen LogP contribution in [0.1, 0.15) is 0 Å². The van der Waals surface area contributed by atoms with Gasteiger partial charge in [-0.2, -0.15) is 0 Å². The fraction of sp³-hybridized carbons (Fsp3) is 0.278. The molecule has 0 radical (unpaired) electrons. The second kappa shape index (κ2) is 13.0. The Bertz CT molecular complexity index is 788. The third-order valence-electron chi connectivity index (χ3n) is 3.39. The Morgan fingerprint density at radius 3 is 2.15 bits per heavy atom. The molecular formula is C18H25IN4O2S2. The van der Waals surface area contributed by atoms with E-state index in [2.05, 4.69) is 32.5 Å². The number of rotatable bonds is 9. The van der Waals surface area contributed by atoms with E-state index in [1.165, 1.54) is 4.90 Å². The Kier molecular flexibility index (Phi) is 11.4. The molecule has 27 heavy (non-hydrogen) atoms. The molecule has 0 heterocycles. The summed E-state index contributed by atoms with van der Waals surface area (Å²) in [6.45, 7) is 1.48. The molecule has 0 bridgehead atoms. The number of benzene rings is 2. The molecular weight excluding hydrogens is 495 g/mol. The second-order valence-electron chi connectivity index (χ2n) is 5.30. The highest BCUT2D eigenvalue weighted by atomic mass is 127. The number of nitrogens with zero attached hydrogens (tertiary/aromatic N) is 1. The number of sulfonamides is 1.